The molecule has 0 saturated carbocycles. The molecule has 0 fully saturated rings. The number of sulfonamides is 1. The van der Waals surface area contributed by atoms with E-state index in [0.717, 1.165) is 11.1 Å². The summed E-state index contributed by atoms with van der Waals surface area (Å²) >= 11 is 0. The van der Waals surface area contributed by atoms with Crippen LogP contribution in [0.4, 0.5) is 4.39 Å². The first kappa shape index (κ1) is 18.1. The summed E-state index contributed by atoms with van der Waals surface area (Å²) in [7, 11) is -2.08. The zero-order valence-corrected chi connectivity index (χ0v) is 14.2. The van der Waals surface area contributed by atoms with Crippen molar-refractivity contribution in [2.75, 3.05) is 7.05 Å². The Hall–Kier alpha value is -2.27. The first-order valence-corrected chi connectivity index (χ1v) is 8.81. The SMILES string of the molecule is CNS(=O)(=O)c1ccc(C(C)NCc2ccc(F)c(C#N)c2)cc1. The molecule has 0 aliphatic rings. The topological polar surface area (TPSA) is 82.0 Å². The summed E-state index contributed by atoms with van der Waals surface area (Å²) in [6.07, 6.45) is 0. The van der Waals surface area contributed by atoms with Gasteiger partial charge < -0.3 is 5.32 Å². The molecule has 2 aromatic rings. The van der Waals surface area contributed by atoms with Crippen molar-refractivity contribution in [3.63, 3.8) is 0 Å². The van der Waals surface area contributed by atoms with Crippen LogP contribution in [-0.2, 0) is 16.6 Å². The Morgan fingerprint density at radius 1 is 1.21 bits per heavy atom. The highest BCUT2D eigenvalue weighted by atomic mass is 32.2. The van der Waals surface area contributed by atoms with Crippen LogP contribution in [0.15, 0.2) is 47.4 Å². The molecule has 0 aliphatic heterocycles. The Kier molecular flexibility index (Phi) is 5.67. The molecule has 2 N–H and O–H groups in total. The van der Waals surface area contributed by atoms with Crippen LogP contribution in [0, 0.1) is 17.1 Å². The van der Waals surface area contributed by atoms with E-state index in [1.165, 1.54) is 19.2 Å². The highest BCUT2D eigenvalue weighted by Crippen LogP contribution is 2.17. The van der Waals surface area contributed by atoms with Gasteiger partial charge in [-0.25, -0.2) is 17.5 Å². The van der Waals surface area contributed by atoms with Crippen molar-refractivity contribution in [2.24, 2.45) is 0 Å². The Morgan fingerprint density at radius 2 is 1.88 bits per heavy atom. The Bertz CT molecular complexity index is 858. The van der Waals surface area contributed by atoms with Gasteiger partial charge in [-0.2, -0.15) is 5.26 Å². The molecule has 0 heterocycles. The summed E-state index contributed by atoms with van der Waals surface area (Å²) in [6, 6.07) is 12.8. The molecule has 0 spiro atoms. The molecule has 2 rings (SSSR count). The fraction of sp³-hybridized carbons (Fsp3) is 0.235. The number of benzene rings is 2. The quantitative estimate of drug-likeness (QED) is 0.841. The van der Waals surface area contributed by atoms with Crippen LogP contribution in [0.25, 0.3) is 0 Å². The minimum Gasteiger partial charge on any atom is -0.306 e. The molecule has 2 aromatic carbocycles. The molecule has 0 bridgehead atoms. The van der Waals surface area contributed by atoms with Crippen LogP contribution in [0.5, 0.6) is 0 Å². The van der Waals surface area contributed by atoms with Crippen LogP contribution in [0.2, 0.25) is 0 Å². The third-order valence-electron chi connectivity index (χ3n) is 3.72. The average molecular weight is 347 g/mol. The van der Waals surface area contributed by atoms with Crippen molar-refractivity contribution in [1.82, 2.24) is 10.0 Å². The summed E-state index contributed by atoms with van der Waals surface area (Å²) in [5.74, 6) is -0.532. The molecule has 0 aliphatic carbocycles. The lowest BCUT2D eigenvalue weighted by atomic mass is 10.1. The molecule has 7 heteroatoms. The zero-order chi connectivity index (χ0) is 17.7. The maximum absolute atomic E-state index is 13.3. The molecular formula is C17H18FN3O2S. The highest BCUT2D eigenvalue weighted by Gasteiger charge is 2.12. The van der Waals surface area contributed by atoms with E-state index >= 15 is 0 Å². The van der Waals surface area contributed by atoms with Crippen molar-refractivity contribution in [3.8, 4) is 6.07 Å². The molecule has 5 nitrogen and oxygen atoms in total. The third-order valence-corrected chi connectivity index (χ3v) is 5.15. The second-order valence-corrected chi connectivity index (χ2v) is 7.19. The lowest BCUT2D eigenvalue weighted by Crippen LogP contribution is -2.20. The van der Waals surface area contributed by atoms with Crippen LogP contribution >= 0.6 is 0 Å². The molecule has 0 radical (unpaired) electrons. The van der Waals surface area contributed by atoms with E-state index in [-0.39, 0.29) is 16.5 Å². The van der Waals surface area contributed by atoms with Gasteiger partial charge in [0.2, 0.25) is 10.0 Å². The highest BCUT2D eigenvalue weighted by molar-refractivity contribution is 7.89. The minimum atomic E-state index is -3.44. The second-order valence-electron chi connectivity index (χ2n) is 5.31. The Balaban J connectivity index is 2.05. The van der Waals surface area contributed by atoms with Crippen LogP contribution in [0.3, 0.4) is 0 Å². The van der Waals surface area contributed by atoms with Crippen molar-refractivity contribution in [2.45, 2.75) is 24.4 Å². The number of halogens is 1. The zero-order valence-electron chi connectivity index (χ0n) is 13.4. The number of hydrogen-bond donors (Lipinski definition) is 2. The van der Waals surface area contributed by atoms with E-state index in [4.69, 9.17) is 5.26 Å². The maximum atomic E-state index is 13.3. The predicted molar refractivity (Wildman–Crippen MR) is 89.1 cm³/mol. The number of nitriles is 1. The maximum Gasteiger partial charge on any atom is 0.240 e. The Morgan fingerprint density at radius 3 is 2.46 bits per heavy atom. The molecule has 0 aromatic heterocycles. The van der Waals surface area contributed by atoms with Gasteiger partial charge in [-0.15, -0.1) is 0 Å². The van der Waals surface area contributed by atoms with E-state index in [0.29, 0.717) is 6.54 Å². The lowest BCUT2D eigenvalue weighted by molar-refractivity contribution is 0.571. The predicted octanol–water partition coefficient (Wildman–Crippen LogP) is 2.46. The van der Waals surface area contributed by atoms with E-state index < -0.39 is 15.8 Å². The molecule has 1 unspecified atom stereocenters. The van der Waals surface area contributed by atoms with Crippen molar-refractivity contribution >= 4 is 10.0 Å². The van der Waals surface area contributed by atoms with Crippen molar-refractivity contribution in [1.29, 1.82) is 5.26 Å². The van der Waals surface area contributed by atoms with E-state index in [1.54, 1.807) is 30.3 Å². The van der Waals surface area contributed by atoms with E-state index in [2.05, 4.69) is 10.0 Å². The van der Waals surface area contributed by atoms with Gasteiger partial charge in [0.25, 0.3) is 0 Å². The number of nitrogens with one attached hydrogen (secondary N) is 2. The van der Waals surface area contributed by atoms with Gasteiger partial charge in [0.05, 0.1) is 10.5 Å². The van der Waals surface area contributed by atoms with Crippen molar-refractivity contribution in [3.05, 3.63) is 65.0 Å². The molecule has 1 atom stereocenters. The molecular weight excluding hydrogens is 329 g/mol. The minimum absolute atomic E-state index is 0.0172. The van der Waals surface area contributed by atoms with Crippen molar-refractivity contribution < 1.29 is 12.8 Å². The Labute approximate surface area is 141 Å². The summed E-state index contributed by atoms with van der Waals surface area (Å²) in [5, 5.41) is 12.1. The molecule has 24 heavy (non-hydrogen) atoms. The summed E-state index contributed by atoms with van der Waals surface area (Å²) in [6.45, 7) is 2.41. The summed E-state index contributed by atoms with van der Waals surface area (Å²) < 4.78 is 39.0. The first-order chi connectivity index (χ1) is 11.4. The molecule has 0 amide bonds. The van der Waals surface area contributed by atoms with Gasteiger partial charge in [-0.3, -0.25) is 0 Å². The summed E-state index contributed by atoms with van der Waals surface area (Å²) in [5.41, 5.74) is 1.74. The van der Waals surface area contributed by atoms with Gasteiger partial charge in [0.1, 0.15) is 11.9 Å². The number of hydrogen-bond acceptors (Lipinski definition) is 4. The second kappa shape index (κ2) is 7.53. The average Bonchev–Trinajstić information content (AvgIpc) is 2.60. The van der Waals surface area contributed by atoms with Crippen LogP contribution in [-0.4, -0.2) is 15.5 Å². The van der Waals surface area contributed by atoms with E-state index in [9.17, 15) is 12.8 Å². The van der Waals surface area contributed by atoms with Crippen LogP contribution in [0.1, 0.15) is 29.7 Å². The van der Waals surface area contributed by atoms with Gasteiger partial charge in [0.15, 0.2) is 0 Å². The van der Waals surface area contributed by atoms with Gasteiger partial charge in [-0.1, -0.05) is 18.2 Å². The van der Waals surface area contributed by atoms with Gasteiger partial charge in [0, 0.05) is 12.6 Å². The standard InChI is InChI=1S/C17H18FN3O2S/c1-12(14-4-6-16(7-5-14)24(22,23)20-2)21-11-13-3-8-17(18)15(9-13)10-19/h3-9,12,20-21H,11H2,1-2H3. The van der Waals surface area contributed by atoms with Gasteiger partial charge >= 0.3 is 0 Å². The fourth-order valence-electron chi connectivity index (χ4n) is 2.21. The number of rotatable bonds is 6. The fourth-order valence-corrected chi connectivity index (χ4v) is 2.94. The van der Waals surface area contributed by atoms with Gasteiger partial charge in [-0.05, 0) is 49.4 Å². The van der Waals surface area contributed by atoms with E-state index in [1.807, 2.05) is 13.0 Å². The smallest absolute Gasteiger partial charge is 0.240 e. The largest absolute Gasteiger partial charge is 0.306 e. The summed E-state index contributed by atoms with van der Waals surface area (Å²) in [4.78, 5) is 0.207. The van der Waals surface area contributed by atoms with Crippen LogP contribution < -0.4 is 10.0 Å². The normalized spacial score (nSPS) is 12.6. The molecule has 126 valence electrons. The number of nitrogens with zero attached hydrogens (tertiary/aromatic N) is 1. The molecule has 0 saturated heterocycles. The lowest BCUT2D eigenvalue weighted by Gasteiger charge is -2.15. The first-order valence-electron chi connectivity index (χ1n) is 7.33. The monoisotopic (exact) mass is 347 g/mol. The third kappa shape index (κ3) is 4.17.